The molecular weight excluding hydrogens is 248 g/mol. The molecule has 0 bridgehead atoms. The number of carboxylic acids is 1. The molecule has 0 aliphatic rings. The van der Waals surface area contributed by atoms with Crippen LogP contribution < -0.4 is 10.0 Å². The van der Waals surface area contributed by atoms with Crippen LogP contribution in [-0.2, 0) is 19.6 Å². The van der Waals surface area contributed by atoms with Gasteiger partial charge in [-0.2, -0.15) is 0 Å². The summed E-state index contributed by atoms with van der Waals surface area (Å²) in [5, 5.41) is 11.0. The van der Waals surface area contributed by atoms with Crippen LogP contribution in [0.15, 0.2) is 0 Å². The number of carbonyl (C=O) groups excluding carboxylic acids is 1. The van der Waals surface area contributed by atoms with Gasteiger partial charge < -0.3 is 10.4 Å². The molecule has 100 valence electrons. The Labute approximate surface area is 101 Å². The molecule has 0 saturated heterocycles. The Morgan fingerprint density at radius 2 is 1.94 bits per heavy atom. The highest BCUT2D eigenvalue weighted by Crippen LogP contribution is 2.01. The summed E-state index contributed by atoms with van der Waals surface area (Å²) in [6.07, 6.45) is 1.74. The van der Waals surface area contributed by atoms with Crippen molar-refractivity contribution < 1.29 is 23.1 Å². The van der Waals surface area contributed by atoms with Crippen LogP contribution in [0.4, 0.5) is 0 Å². The van der Waals surface area contributed by atoms with Crippen LogP contribution in [0.25, 0.3) is 0 Å². The third-order valence-electron chi connectivity index (χ3n) is 2.11. The van der Waals surface area contributed by atoms with E-state index in [1.807, 2.05) is 11.6 Å². The van der Waals surface area contributed by atoms with E-state index in [-0.39, 0.29) is 6.42 Å². The van der Waals surface area contributed by atoms with Gasteiger partial charge in [0.05, 0.1) is 0 Å². The van der Waals surface area contributed by atoms with E-state index in [1.165, 1.54) is 7.05 Å². The molecule has 0 unspecified atom stereocenters. The highest BCUT2D eigenvalue weighted by atomic mass is 32.2. The lowest BCUT2D eigenvalue weighted by Gasteiger charge is -2.13. The first kappa shape index (κ1) is 15.9. The molecule has 0 aliphatic heterocycles. The van der Waals surface area contributed by atoms with E-state index < -0.39 is 33.7 Å². The van der Waals surface area contributed by atoms with Crippen LogP contribution in [0.3, 0.4) is 0 Å². The second-order valence-corrected chi connectivity index (χ2v) is 5.49. The number of amides is 1. The first-order chi connectivity index (χ1) is 7.82. The number of hydrogen-bond donors (Lipinski definition) is 3. The number of sulfonamides is 1. The lowest BCUT2D eigenvalue weighted by atomic mass is 10.1. The predicted molar refractivity (Wildman–Crippen MR) is 61.9 cm³/mol. The first-order valence-electron chi connectivity index (χ1n) is 5.25. The standard InChI is InChI=1S/C9H18N2O5S/c1-3-4-5-7(9(13)14)11-8(12)6-17(15,16)10-2/h7,10H,3-6H2,1-2H3,(H,11,12)(H,13,14)/t7-/m0/s1. The Kier molecular flexibility index (Phi) is 6.74. The number of hydrogen-bond acceptors (Lipinski definition) is 4. The van der Waals surface area contributed by atoms with Crippen LogP contribution in [0.5, 0.6) is 0 Å². The predicted octanol–water partition coefficient (Wildman–Crippen LogP) is -0.705. The summed E-state index contributed by atoms with van der Waals surface area (Å²) in [6, 6.07) is -1.03. The normalized spacial score (nSPS) is 13.1. The van der Waals surface area contributed by atoms with Crippen molar-refractivity contribution >= 4 is 21.9 Å². The lowest BCUT2D eigenvalue weighted by molar-refractivity contribution is -0.141. The second kappa shape index (κ2) is 7.23. The fraction of sp³-hybridized carbons (Fsp3) is 0.778. The molecule has 0 radical (unpaired) electrons. The number of carbonyl (C=O) groups is 2. The fourth-order valence-corrected chi connectivity index (χ4v) is 1.72. The second-order valence-electron chi connectivity index (χ2n) is 3.56. The summed E-state index contributed by atoms with van der Waals surface area (Å²) >= 11 is 0. The third kappa shape index (κ3) is 6.90. The summed E-state index contributed by atoms with van der Waals surface area (Å²) in [7, 11) is -2.48. The maximum absolute atomic E-state index is 11.3. The molecule has 0 aromatic heterocycles. The van der Waals surface area contributed by atoms with Crippen molar-refractivity contribution in [2.75, 3.05) is 12.8 Å². The molecule has 1 amide bonds. The summed E-state index contributed by atoms with van der Waals surface area (Å²) in [6.45, 7) is 1.90. The van der Waals surface area contributed by atoms with Crippen molar-refractivity contribution in [1.29, 1.82) is 0 Å². The topological polar surface area (TPSA) is 113 Å². The van der Waals surface area contributed by atoms with Gasteiger partial charge in [0, 0.05) is 0 Å². The molecule has 7 nitrogen and oxygen atoms in total. The minimum absolute atomic E-state index is 0.289. The van der Waals surface area contributed by atoms with Crippen molar-refractivity contribution in [3.8, 4) is 0 Å². The monoisotopic (exact) mass is 266 g/mol. The van der Waals surface area contributed by atoms with Crippen LogP contribution in [0, 0.1) is 0 Å². The Hall–Kier alpha value is -1.15. The maximum atomic E-state index is 11.3. The number of carboxylic acid groups (broad SMARTS) is 1. The van der Waals surface area contributed by atoms with E-state index in [2.05, 4.69) is 5.32 Å². The van der Waals surface area contributed by atoms with Gasteiger partial charge in [0.1, 0.15) is 11.8 Å². The lowest BCUT2D eigenvalue weighted by Crippen LogP contribution is -2.44. The van der Waals surface area contributed by atoms with Gasteiger partial charge in [-0.15, -0.1) is 0 Å². The molecule has 17 heavy (non-hydrogen) atoms. The van der Waals surface area contributed by atoms with Gasteiger partial charge in [-0.05, 0) is 13.5 Å². The van der Waals surface area contributed by atoms with Gasteiger partial charge in [0.2, 0.25) is 15.9 Å². The van der Waals surface area contributed by atoms with Crippen LogP contribution in [0.2, 0.25) is 0 Å². The van der Waals surface area contributed by atoms with Gasteiger partial charge in [-0.1, -0.05) is 19.8 Å². The highest BCUT2D eigenvalue weighted by molar-refractivity contribution is 7.90. The first-order valence-corrected chi connectivity index (χ1v) is 6.91. The van der Waals surface area contributed by atoms with Crippen molar-refractivity contribution in [1.82, 2.24) is 10.0 Å². The average Bonchev–Trinajstić information content (AvgIpc) is 2.23. The van der Waals surface area contributed by atoms with Crippen molar-refractivity contribution in [2.45, 2.75) is 32.2 Å². The molecule has 3 N–H and O–H groups in total. The third-order valence-corrected chi connectivity index (χ3v) is 3.38. The molecule has 0 aromatic rings. The zero-order chi connectivity index (χ0) is 13.5. The van der Waals surface area contributed by atoms with Crippen LogP contribution >= 0.6 is 0 Å². The molecule has 0 aromatic carbocycles. The maximum Gasteiger partial charge on any atom is 0.326 e. The van der Waals surface area contributed by atoms with E-state index in [1.54, 1.807) is 0 Å². The molecule has 8 heteroatoms. The number of rotatable bonds is 8. The van der Waals surface area contributed by atoms with Gasteiger partial charge in [-0.25, -0.2) is 17.9 Å². The molecule has 0 rings (SSSR count). The summed E-state index contributed by atoms with van der Waals surface area (Å²) < 4.78 is 24.1. The van der Waals surface area contributed by atoms with E-state index in [0.717, 1.165) is 6.42 Å². The minimum Gasteiger partial charge on any atom is -0.480 e. The van der Waals surface area contributed by atoms with Crippen molar-refractivity contribution in [3.63, 3.8) is 0 Å². The molecule has 0 aliphatic carbocycles. The fourth-order valence-electron chi connectivity index (χ4n) is 1.15. The van der Waals surface area contributed by atoms with Gasteiger partial charge >= 0.3 is 5.97 Å². The van der Waals surface area contributed by atoms with Crippen molar-refractivity contribution in [3.05, 3.63) is 0 Å². The zero-order valence-corrected chi connectivity index (χ0v) is 10.7. The quantitative estimate of drug-likeness (QED) is 0.537. The Balaban J connectivity index is 4.36. The number of unbranched alkanes of at least 4 members (excludes halogenated alkanes) is 1. The Morgan fingerprint density at radius 1 is 1.35 bits per heavy atom. The highest BCUT2D eigenvalue weighted by Gasteiger charge is 2.22. The van der Waals surface area contributed by atoms with E-state index in [9.17, 15) is 18.0 Å². The number of nitrogens with one attached hydrogen (secondary N) is 2. The van der Waals surface area contributed by atoms with Gasteiger partial charge in [0.25, 0.3) is 0 Å². The molecular formula is C9H18N2O5S. The zero-order valence-electron chi connectivity index (χ0n) is 9.89. The summed E-state index contributed by atoms with van der Waals surface area (Å²) in [5.41, 5.74) is 0. The molecule has 0 fully saturated rings. The van der Waals surface area contributed by atoms with Gasteiger partial charge in [0.15, 0.2) is 0 Å². The summed E-state index contributed by atoms with van der Waals surface area (Å²) in [5.74, 6) is -2.74. The van der Waals surface area contributed by atoms with Crippen molar-refractivity contribution in [2.24, 2.45) is 0 Å². The van der Waals surface area contributed by atoms with Crippen LogP contribution in [-0.4, -0.2) is 44.2 Å². The van der Waals surface area contributed by atoms with E-state index in [0.29, 0.717) is 6.42 Å². The van der Waals surface area contributed by atoms with Gasteiger partial charge in [-0.3, -0.25) is 4.79 Å². The largest absolute Gasteiger partial charge is 0.480 e. The number of aliphatic carboxylic acids is 1. The molecule has 1 atom stereocenters. The molecule has 0 spiro atoms. The molecule has 0 saturated carbocycles. The SMILES string of the molecule is CCCC[C@H](NC(=O)CS(=O)(=O)NC)C(=O)O. The minimum atomic E-state index is -3.67. The van der Waals surface area contributed by atoms with Crippen LogP contribution in [0.1, 0.15) is 26.2 Å². The average molecular weight is 266 g/mol. The van der Waals surface area contributed by atoms with E-state index >= 15 is 0 Å². The Bertz CT molecular complexity index is 366. The summed E-state index contributed by atoms with van der Waals surface area (Å²) in [4.78, 5) is 22.1. The van der Waals surface area contributed by atoms with E-state index in [4.69, 9.17) is 5.11 Å². The smallest absolute Gasteiger partial charge is 0.326 e. The molecule has 0 heterocycles. The Morgan fingerprint density at radius 3 is 2.35 bits per heavy atom.